The minimum Gasteiger partial charge on any atom is -0.399 e. The summed E-state index contributed by atoms with van der Waals surface area (Å²) in [5.74, 6) is -0.601. The number of aromatic nitrogens is 2. The highest BCUT2D eigenvalue weighted by atomic mass is 32.2. The molecular formula is C18H28BN3O7S. The number of carbonyl (C=O) groups excluding carboxylic acids is 1. The van der Waals surface area contributed by atoms with Crippen LogP contribution in [0.2, 0.25) is 0 Å². The maximum Gasteiger partial charge on any atom is 0.498 e. The van der Waals surface area contributed by atoms with E-state index in [0.29, 0.717) is 5.46 Å². The van der Waals surface area contributed by atoms with Crippen molar-refractivity contribution in [2.45, 2.75) is 68.2 Å². The Labute approximate surface area is 176 Å². The number of aliphatic hydroxyl groups is 2. The molecule has 1 unspecified atom stereocenters. The molecular weight excluding hydrogens is 413 g/mol. The maximum atomic E-state index is 12.9. The molecule has 2 saturated heterocycles. The number of nitrogens with zero attached hydrogens (tertiary/aromatic N) is 3. The first-order chi connectivity index (χ1) is 13.9. The summed E-state index contributed by atoms with van der Waals surface area (Å²) >= 11 is 0. The van der Waals surface area contributed by atoms with Gasteiger partial charge in [-0.15, -0.1) is 0 Å². The third kappa shape index (κ3) is 4.24. The second-order valence-corrected chi connectivity index (χ2v) is 10.8. The first-order valence-electron chi connectivity index (χ1n) is 9.88. The van der Waals surface area contributed by atoms with Gasteiger partial charge in [-0.1, -0.05) is 0 Å². The summed E-state index contributed by atoms with van der Waals surface area (Å²) < 4.78 is 37.7. The SMILES string of the molecule is CC1(C)OB(c2cnc(S(=O)(=O)C3CCN(C(=O)C(O)CO)CC3)nc2)OC1(C)C. The molecule has 0 radical (unpaired) electrons. The van der Waals surface area contributed by atoms with Crippen molar-refractivity contribution < 1.29 is 32.7 Å². The molecule has 0 aliphatic carbocycles. The van der Waals surface area contributed by atoms with Gasteiger partial charge in [0.2, 0.25) is 15.0 Å². The molecule has 166 valence electrons. The van der Waals surface area contributed by atoms with Crippen LogP contribution in [0.25, 0.3) is 0 Å². The lowest BCUT2D eigenvalue weighted by Crippen LogP contribution is -2.47. The molecule has 2 N–H and O–H groups in total. The highest BCUT2D eigenvalue weighted by molar-refractivity contribution is 7.91. The van der Waals surface area contributed by atoms with Crippen LogP contribution in [0, 0.1) is 0 Å². The normalized spacial score (nSPS) is 22.9. The predicted octanol–water partition coefficient (Wildman–Crippen LogP) is -1.11. The minimum atomic E-state index is -3.78. The van der Waals surface area contributed by atoms with E-state index in [1.165, 1.54) is 17.3 Å². The van der Waals surface area contributed by atoms with Gasteiger partial charge in [0.15, 0.2) is 6.10 Å². The Bertz CT molecular complexity index is 868. The number of carbonyl (C=O) groups is 1. The number of piperidine rings is 1. The molecule has 2 aliphatic rings. The third-order valence-corrected chi connectivity index (χ3v) is 8.15. The van der Waals surface area contributed by atoms with Crippen LogP contribution in [0.1, 0.15) is 40.5 Å². The van der Waals surface area contributed by atoms with Gasteiger partial charge in [0.25, 0.3) is 5.91 Å². The molecule has 12 heteroatoms. The Morgan fingerprint density at radius 1 is 1.20 bits per heavy atom. The van der Waals surface area contributed by atoms with Crippen LogP contribution >= 0.6 is 0 Å². The van der Waals surface area contributed by atoms with Gasteiger partial charge in [-0.3, -0.25) is 4.79 Å². The van der Waals surface area contributed by atoms with E-state index in [0.717, 1.165) is 0 Å². The van der Waals surface area contributed by atoms with Gasteiger partial charge in [-0.2, -0.15) is 0 Å². The summed E-state index contributed by atoms with van der Waals surface area (Å²) in [6.07, 6.45) is 1.73. The standard InChI is InChI=1S/C18H28BN3O7S/c1-17(2)18(3,4)29-19(28-17)12-9-20-16(21-10-12)30(26,27)13-5-7-22(8-6-13)15(25)14(24)11-23/h9-10,13-14,23-24H,5-8,11H2,1-4H3. The van der Waals surface area contributed by atoms with Crippen LogP contribution in [-0.4, -0.2) is 88.8 Å². The molecule has 0 aromatic carbocycles. The minimum absolute atomic E-state index is 0.172. The topological polar surface area (TPSA) is 139 Å². The van der Waals surface area contributed by atoms with Gasteiger partial charge in [0.05, 0.1) is 23.1 Å². The molecule has 1 atom stereocenters. The van der Waals surface area contributed by atoms with E-state index in [-0.39, 0.29) is 31.1 Å². The van der Waals surface area contributed by atoms with E-state index >= 15 is 0 Å². The molecule has 1 aromatic heterocycles. The largest absolute Gasteiger partial charge is 0.498 e. The Hall–Kier alpha value is -1.60. The highest BCUT2D eigenvalue weighted by Crippen LogP contribution is 2.36. The van der Waals surface area contributed by atoms with Gasteiger partial charge in [-0.05, 0) is 40.5 Å². The fourth-order valence-electron chi connectivity index (χ4n) is 3.40. The molecule has 1 amide bonds. The summed E-state index contributed by atoms with van der Waals surface area (Å²) in [6.45, 7) is 7.36. The highest BCUT2D eigenvalue weighted by Gasteiger charge is 2.52. The zero-order valence-electron chi connectivity index (χ0n) is 17.6. The molecule has 2 fully saturated rings. The number of hydrogen-bond donors (Lipinski definition) is 2. The summed E-state index contributed by atoms with van der Waals surface area (Å²) in [7, 11) is -4.46. The Balaban J connectivity index is 1.67. The van der Waals surface area contributed by atoms with E-state index in [2.05, 4.69) is 9.97 Å². The quantitative estimate of drug-likeness (QED) is 0.430. The van der Waals surface area contributed by atoms with Gasteiger partial charge < -0.3 is 24.4 Å². The Morgan fingerprint density at radius 3 is 2.17 bits per heavy atom. The van der Waals surface area contributed by atoms with Crippen LogP contribution in [0.3, 0.4) is 0 Å². The Kier molecular flexibility index (Phi) is 6.27. The summed E-state index contributed by atoms with van der Waals surface area (Å²) in [4.78, 5) is 21.4. The lowest BCUT2D eigenvalue weighted by molar-refractivity contribution is -0.142. The monoisotopic (exact) mass is 441 g/mol. The number of aliphatic hydroxyl groups excluding tert-OH is 2. The van der Waals surface area contributed by atoms with Crippen molar-refractivity contribution in [1.82, 2.24) is 14.9 Å². The lowest BCUT2D eigenvalue weighted by atomic mass is 9.81. The van der Waals surface area contributed by atoms with Crippen molar-refractivity contribution in [3.63, 3.8) is 0 Å². The van der Waals surface area contributed by atoms with Gasteiger partial charge >= 0.3 is 7.12 Å². The molecule has 30 heavy (non-hydrogen) atoms. The number of hydrogen-bond acceptors (Lipinski definition) is 9. The van der Waals surface area contributed by atoms with Crippen molar-refractivity contribution in [2.24, 2.45) is 0 Å². The van der Waals surface area contributed by atoms with E-state index in [4.69, 9.17) is 14.4 Å². The third-order valence-electron chi connectivity index (χ3n) is 6.08. The van der Waals surface area contributed by atoms with Crippen molar-refractivity contribution in [3.05, 3.63) is 12.4 Å². The maximum absolute atomic E-state index is 12.9. The molecule has 3 heterocycles. The number of amides is 1. The fraction of sp³-hybridized carbons (Fsp3) is 0.722. The lowest BCUT2D eigenvalue weighted by Gasteiger charge is -2.32. The van der Waals surface area contributed by atoms with Crippen molar-refractivity contribution >= 4 is 28.3 Å². The number of likely N-dealkylation sites (tertiary alicyclic amines) is 1. The summed E-state index contributed by atoms with van der Waals surface area (Å²) in [5, 5.41) is 17.4. The van der Waals surface area contributed by atoms with Crippen LogP contribution in [0.5, 0.6) is 0 Å². The molecule has 10 nitrogen and oxygen atoms in total. The first kappa shape index (κ1) is 23.1. The second-order valence-electron chi connectivity index (χ2n) is 8.66. The van der Waals surface area contributed by atoms with Crippen molar-refractivity contribution in [3.8, 4) is 0 Å². The summed E-state index contributed by atoms with van der Waals surface area (Å²) in [5.41, 5.74) is -0.527. The smallest absolute Gasteiger partial charge is 0.399 e. The van der Waals surface area contributed by atoms with E-state index in [9.17, 15) is 18.3 Å². The first-order valence-corrected chi connectivity index (χ1v) is 11.4. The number of rotatable bonds is 5. The van der Waals surface area contributed by atoms with Crippen LogP contribution in [0.15, 0.2) is 17.6 Å². The van der Waals surface area contributed by atoms with E-state index < -0.39 is 52.0 Å². The van der Waals surface area contributed by atoms with Crippen LogP contribution in [-0.2, 0) is 23.9 Å². The van der Waals surface area contributed by atoms with E-state index in [1.54, 1.807) is 0 Å². The second kappa shape index (κ2) is 8.15. The van der Waals surface area contributed by atoms with Gasteiger partial charge in [0.1, 0.15) is 0 Å². The van der Waals surface area contributed by atoms with Crippen molar-refractivity contribution in [1.29, 1.82) is 0 Å². The summed E-state index contributed by atoms with van der Waals surface area (Å²) in [6, 6.07) is 0. The molecule has 0 spiro atoms. The average molecular weight is 441 g/mol. The molecule has 3 rings (SSSR count). The zero-order chi connectivity index (χ0) is 22.3. The zero-order valence-corrected chi connectivity index (χ0v) is 18.4. The Morgan fingerprint density at radius 2 is 1.70 bits per heavy atom. The predicted molar refractivity (Wildman–Crippen MR) is 108 cm³/mol. The molecule has 1 aromatic rings. The van der Waals surface area contributed by atoms with Crippen LogP contribution < -0.4 is 5.46 Å². The number of sulfone groups is 1. The average Bonchev–Trinajstić information content (AvgIpc) is 2.94. The van der Waals surface area contributed by atoms with Crippen molar-refractivity contribution in [2.75, 3.05) is 19.7 Å². The van der Waals surface area contributed by atoms with Gasteiger partial charge in [-0.25, -0.2) is 18.4 Å². The van der Waals surface area contributed by atoms with Gasteiger partial charge in [0, 0.05) is 30.9 Å². The van der Waals surface area contributed by atoms with E-state index in [1.807, 2.05) is 27.7 Å². The fourth-order valence-corrected chi connectivity index (χ4v) is 4.93. The molecule has 0 bridgehead atoms. The molecule has 0 saturated carbocycles. The molecule has 2 aliphatic heterocycles. The van der Waals surface area contributed by atoms with Crippen LogP contribution in [0.4, 0.5) is 0 Å².